The first kappa shape index (κ1) is 27.9. The van der Waals surface area contributed by atoms with Gasteiger partial charge in [0, 0.05) is 31.7 Å². The second-order valence-corrected chi connectivity index (χ2v) is 9.10. The highest BCUT2D eigenvalue weighted by molar-refractivity contribution is 6.55. The van der Waals surface area contributed by atoms with Crippen molar-refractivity contribution in [1.29, 1.82) is 0 Å². The number of rotatable bonds is 12. The van der Waals surface area contributed by atoms with Crippen LogP contribution in [0.3, 0.4) is 0 Å². The molecule has 0 aliphatic rings. The Morgan fingerprint density at radius 2 is 1.83 bits per heavy atom. The molecule has 0 bridgehead atoms. The van der Waals surface area contributed by atoms with Crippen LogP contribution in [-0.2, 0) is 11.9 Å². The van der Waals surface area contributed by atoms with Crippen LogP contribution in [0.2, 0.25) is 10.0 Å². The maximum Gasteiger partial charge on any atom is 0.226 e. The van der Waals surface area contributed by atoms with E-state index in [0.29, 0.717) is 57.5 Å². The van der Waals surface area contributed by atoms with Crippen molar-refractivity contribution in [2.45, 2.75) is 13.3 Å². The summed E-state index contributed by atoms with van der Waals surface area (Å²) in [6.45, 7) is 2.54. The zero-order valence-corrected chi connectivity index (χ0v) is 22.3. The van der Waals surface area contributed by atoms with E-state index in [1.54, 1.807) is 42.9 Å². The molecule has 0 amide bonds. The first-order valence-electron chi connectivity index (χ1n) is 10.6. The second-order valence-electron chi connectivity index (χ2n) is 7.28. The molecule has 0 unspecified atom stereocenters. The molecule has 0 spiro atoms. The van der Waals surface area contributed by atoms with Gasteiger partial charge in [0.05, 0.1) is 34.1 Å². The van der Waals surface area contributed by atoms with Crippen LogP contribution in [0.1, 0.15) is 17.7 Å². The van der Waals surface area contributed by atoms with E-state index >= 15 is 0 Å². The van der Waals surface area contributed by atoms with E-state index in [2.05, 4.69) is 10.3 Å². The van der Waals surface area contributed by atoms with Gasteiger partial charge in [-0.25, -0.2) is 9.07 Å². The fourth-order valence-corrected chi connectivity index (χ4v) is 3.67. The van der Waals surface area contributed by atoms with Gasteiger partial charge in [-0.3, -0.25) is 0 Å². The van der Waals surface area contributed by atoms with Crippen LogP contribution in [0.5, 0.6) is 23.1 Å². The summed E-state index contributed by atoms with van der Waals surface area (Å²) in [5.74, 6) is 1.15. The lowest BCUT2D eigenvalue weighted by molar-refractivity contribution is 0.129. The standard InChI is InChI=1S/C24H22Cl4FN3O4/c1-15-19(24(32(2)31-15)36-17-6-3-5-16(29)11-17)14-30-35-9-4-8-34-23-20(25)12-18(13-21(23)26)33-10-7-22(27)28/h3,5-7,11-14H,4,8-10H2,1-2H3/b30-14+. The lowest BCUT2D eigenvalue weighted by Gasteiger charge is -2.12. The Balaban J connectivity index is 1.48. The third-order valence-corrected chi connectivity index (χ3v) is 5.44. The van der Waals surface area contributed by atoms with Crippen molar-refractivity contribution in [2.24, 2.45) is 12.2 Å². The van der Waals surface area contributed by atoms with E-state index in [1.807, 2.05) is 0 Å². The zero-order chi connectivity index (χ0) is 26.1. The molecular weight excluding hydrogens is 555 g/mol. The molecule has 7 nitrogen and oxygen atoms in total. The molecule has 0 saturated carbocycles. The van der Waals surface area contributed by atoms with E-state index in [1.165, 1.54) is 24.4 Å². The number of hydrogen-bond donors (Lipinski definition) is 0. The first-order valence-corrected chi connectivity index (χ1v) is 12.1. The van der Waals surface area contributed by atoms with Gasteiger partial charge in [-0.15, -0.1) is 0 Å². The number of benzene rings is 2. The molecule has 1 aromatic heterocycles. The fraction of sp³-hybridized carbons (Fsp3) is 0.250. The van der Waals surface area contributed by atoms with Crippen molar-refractivity contribution >= 4 is 52.6 Å². The van der Waals surface area contributed by atoms with Gasteiger partial charge in [-0.05, 0) is 25.1 Å². The third kappa shape index (κ3) is 8.20. The summed E-state index contributed by atoms with van der Waals surface area (Å²) in [5.41, 5.74) is 1.29. The molecule has 0 saturated heterocycles. The highest BCUT2D eigenvalue weighted by Gasteiger charge is 2.15. The number of oxime groups is 1. The second kappa shape index (κ2) is 13.6. The van der Waals surface area contributed by atoms with Gasteiger partial charge in [-0.1, -0.05) is 57.6 Å². The molecule has 12 heteroatoms. The lowest BCUT2D eigenvalue weighted by Crippen LogP contribution is -2.03. The van der Waals surface area contributed by atoms with Crippen molar-refractivity contribution < 1.29 is 23.4 Å². The van der Waals surface area contributed by atoms with E-state index in [-0.39, 0.29) is 17.7 Å². The van der Waals surface area contributed by atoms with Crippen LogP contribution in [0.4, 0.5) is 4.39 Å². The molecule has 1 heterocycles. The predicted molar refractivity (Wildman–Crippen MR) is 140 cm³/mol. The highest BCUT2D eigenvalue weighted by atomic mass is 35.5. The Hall–Kier alpha value is -2.65. The Bertz CT molecular complexity index is 1220. The average Bonchev–Trinajstić information content (AvgIpc) is 3.06. The number of aryl methyl sites for hydroxylation is 2. The monoisotopic (exact) mass is 575 g/mol. The maximum atomic E-state index is 13.5. The van der Waals surface area contributed by atoms with Gasteiger partial charge < -0.3 is 19.0 Å². The van der Waals surface area contributed by atoms with E-state index in [9.17, 15) is 4.39 Å². The smallest absolute Gasteiger partial charge is 0.226 e. The van der Waals surface area contributed by atoms with Gasteiger partial charge in [0.2, 0.25) is 5.88 Å². The molecule has 0 aliphatic carbocycles. The van der Waals surface area contributed by atoms with Gasteiger partial charge in [0.1, 0.15) is 35.0 Å². The summed E-state index contributed by atoms with van der Waals surface area (Å²) in [7, 11) is 1.72. The van der Waals surface area contributed by atoms with Crippen LogP contribution >= 0.6 is 46.4 Å². The van der Waals surface area contributed by atoms with Gasteiger partial charge in [0.15, 0.2) is 5.75 Å². The lowest BCUT2D eigenvalue weighted by atomic mass is 10.3. The SMILES string of the molecule is Cc1nn(C)c(Oc2cccc(F)c2)c1/C=N/OCCCOc1c(Cl)cc(OCC=C(Cl)Cl)cc1Cl. The molecule has 0 atom stereocenters. The highest BCUT2D eigenvalue weighted by Crippen LogP contribution is 2.37. The van der Waals surface area contributed by atoms with E-state index in [0.717, 1.165) is 0 Å². The van der Waals surface area contributed by atoms with Crippen LogP contribution < -0.4 is 14.2 Å². The van der Waals surface area contributed by atoms with Crippen molar-refractivity contribution in [3.05, 3.63) is 74.1 Å². The molecular formula is C24H22Cl4FN3O4. The molecule has 3 rings (SSSR count). The fourth-order valence-electron chi connectivity index (χ4n) is 2.96. The molecule has 3 aromatic rings. The molecule has 2 aromatic carbocycles. The normalized spacial score (nSPS) is 11.0. The zero-order valence-electron chi connectivity index (χ0n) is 19.3. The summed E-state index contributed by atoms with van der Waals surface area (Å²) in [4.78, 5) is 5.33. The predicted octanol–water partition coefficient (Wildman–Crippen LogP) is 7.48. The third-order valence-electron chi connectivity index (χ3n) is 4.57. The summed E-state index contributed by atoms with van der Waals surface area (Å²) < 4.78 is 32.1. The molecule has 192 valence electrons. The van der Waals surface area contributed by atoms with Gasteiger partial charge >= 0.3 is 0 Å². The Morgan fingerprint density at radius 1 is 1.08 bits per heavy atom. The van der Waals surface area contributed by atoms with Crippen molar-refractivity contribution in [3.8, 4) is 23.1 Å². The summed E-state index contributed by atoms with van der Waals surface area (Å²) in [5, 5.41) is 8.91. The largest absolute Gasteiger partial charge is 0.490 e. The van der Waals surface area contributed by atoms with Gasteiger partial charge in [-0.2, -0.15) is 5.10 Å². The van der Waals surface area contributed by atoms with Crippen molar-refractivity contribution in [1.82, 2.24) is 9.78 Å². The summed E-state index contributed by atoms with van der Waals surface area (Å²) in [6.07, 6.45) is 3.50. The minimum absolute atomic E-state index is 0.104. The average molecular weight is 577 g/mol. The Morgan fingerprint density at radius 3 is 2.53 bits per heavy atom. The first-order chi connectivity index (χ1) is 17.2. The number of aromatic nitrogens is 2. The number of hydrogen-bond acceptors (Lipinski definition) is 6. The van der Waals surface area contributed by atoms with Crippen LogP contribution in [-0.4, -0.2) is 35.8 Å². The number of ether oxygens (including phenoxy) is 3. The topological polar surface area (TPSA) is 67.1 Å². The van der Waals surface area contributed by atoms with E-state index in [4.69, 9.17) is 65.5 Å². The van der Waals surface area contributed by atoms with Gasteiger partial charge in [0.25, 0.3) is 0 Å². The molecule has 0 fully saturated rings. The minimum atomic E-state index is -0.399. The summed E-state index contributed by atoms with van der Waals surface area (Å²) >= 11 is 23.6. The molecule has 0 N–H and O–H groups in total. The molecule has 36 heavy (non-hydrogen) atoms. The molecule has 0 radical (unpaired) electrons. The number of halogens is 5. The Kier molecular flexibility index (Phi) is 10.6. The van der Waals surface area contributed by atoms with Crippen molar-refractivity contribution in [3.63, 3.8) is 0 Å². The van der Waals surface area contributed by atoms with Crippen LogP contribution in [0.15, 0.2) is 52.1 Å². The quantitative estimate of drug-likeness (QED) is 0.127. The number of nitrogens with zero attached hydrogens (tertiary/aromatic N) is 3. The maximum absolute atomic E-state index is 13.5. The molecule has 0 aliphatic heterocycles. The Labute approximate surface area is 227 Å². The van der Waals surface area contributed by atoms with Crippen LogP contribution in [0.25, 0.3) is 0 Å². The van der Waals surface area contributed by atoms with Crippen molar-refractivity contribution in [2.75, 3.05) is 19.8 Å². The van der Waals surface area contributed by atoms with Crippen LogP contribution in [0, 0.1) is 12.7 Å². The summed E-state index contributed by atoms with van der Waals surface area (Å²) in [6, 6.07) is 9.00. The minimum Gasteiger partial charge on any atom is -0.490 e. The van der Waals surface area contributed by atoms with E-state index < -0.39 is 5.82 Å².